The van der Waals surface area contributed by atoms with Crippen molar-refractivity contribution in [2.75, 3.05) is 0 Å². The number of carbonyl (C=O) groups is 1. The summed E-state index contributed by atoms with van der Waals surface area (Å²) in [5, 5.41) is 0. The van der Waals surface area contributed by atoms with E-state index in [4.69, 9.17) is 0 Å². The molecule has 76 valence electrons. The molecule has 0 aliphatic carbocycles. The van der Waals surface area contributed by atoms with Gasteiger partial charge in [-0.1, -0.05) is 28.1 Å². The SMILES string of the molecule is Cc1ccc(C(=O)c2cc[nH]c2)cc1Br. The molecule has 0 spiro atoms. The van der Waals surface area contributed by atoms with Crippen molar-refractivity contribution in [2.45, 2.75) is 6.92 Å². The van der Waals surface area contributed by atoms with Crippen molar-refractivity contribution in [1.29, 1.82) is 0 Å². The molecular formula is C12H10BrNO. The summed E-state index contributed by atoms with van der Waals surface area (Å²) >= 11 is 3.42. The van der Waals surface area contributed by atoms with Gasteiger partial charge in [0.25, 0.3) is 0 Å². The molecule has 1 aromatic heterocycles. The lowest BCUT2D eigenvalue weighted by Gasteiger charge is -2.01. The normalized spacial score (nSPS) is 10.3. The van der Waals surface area contributed by atoms with Crippen LogP contribution in [0, 0.1) is 6.92 Å². The Kier molecular flexibility index (Phi) is 2.73. The average Bonchev–Trinajstić information content (AvgIpc) is 2.74. The van der Waals surface area contributed by atoms with Gasteiger partial charge in [0.15, 0.2) is 5.78 Å². The summed E-state index contributed by atoms with van der Waals surface area (Å²) in [6.07, 6.45) is 3.45. The topological polar surface area (TPSA) is 32.9 Å². The van der Waals surface area contributed by atoms with Crippen LogP contribution in [0.1, 0.15) is 21.5 Å². The molecule has 2 aromatic rings. The Bertz CT molecular complexity index is 488. The van der Waals surface area contributed by atoms with Crippen LogP contribution in [-0.4, -0.2) is 10.8 Å². The van der Waals surface area contributed by atoms with E-state index in [0.29, 0.717) is 11.1 Å². The van der Waals surface area contributed by atoms with Crippen LogP contribution in [0.15, 0.2) is 41.1 Å². The molecule has 0 atom stereocenters. The Hall–Kier alpha value is -1.35. The predicted octanol–water partition coefficient (Wildman–Crippen LogP) is 3.32. The molecule has 0 aliphatic heterocycles. The maximum Gasteiger partial charge on any atom is 0.194 e. The van der Waals surface area contributed by atoms with Crippen molar-refractivity contribution in [1.82, 2.24) is 4.98 Å². The number of halogens is 1. The Morgan fingerprint density at radius 1 is 1.27 bits per heavy atom. The van der Waals surface area contributed by atoms with Crippen LogP contribution in [0.2, 0.25) is 0 Å². The van der Waals surface area contributed by atoms with Crippen molar-refractivity contribution in [3.05, 3.63) is 57.8 Å². The van der Waals surface area contributed by atoms with Gasteiger partial charge in [0.05, 0.1) is 0 Å². The second-order valence-electron chi connectivity index (χ2n) is 3.39. The number of rotatable bonds is 2. The minimum Gasteiger partial charge on any atom is -0.367 e. The third-order valence-corrected chi connectivity index (χ3v) is 3.15. The Morgan fingerprint density at radius 3 is 2.67 bits per heavy atom. The zero-order valence-electron chi connectivity index (χ0n) is 8.25. The van der Waals surface area contributed by atoms with Crippen LogP contribution < -0.4 is 0 Å². The molecule has 2 nitrogen and oxygen atoms in total. The van der Waals surface area contributed by atoms with E-state index in [2.05, 4.69) is 20.9 Å². The zero-order valence-corrected chi connectivity index (χ0v) is 9.84. The van der Waals surface area contributed by atoms with Gasteiger partial charge >= 0.3 is 0 Å². The molecular weight excluding hydrogens is 254 g/mol. The summed E-state index contributed by atoms with van der Waals surface area (Å²) in [6.45, 7) is 1.99. The Morgan fingerprint density at radius 2 is 2.07 bits per heavy atom. The van der Waals surface area contributed by atoms with E-state index in [1.807, 2.05) is 25.1 Å². The van der Waals surface area contributed by atoms with Gasteiger partial charge in [-0.3, -0.25) is 4.79 Å². The molecule has 0 aliphatic rings. The molecule has 0 bridgehead atoms. The van der Waals surface area contributed by atoms with Crippen LogP contribution in [0.25, 0.3) is 0 Å². The highest BCUT2D eigenvalue weighted by atomic mass is 79.9. The maximum atomic E-state index is 11.9. The van der Waals surface area contributed by atoms with Crippen LogP contribution >= 0.6 is 15.9 Å². The van der Waals surface area contributed by atoms with Gasteiger partial charge in [-0.2, -0.15) is 0 Å². The molecule has 0 radical (unpaired) electrons. The van der Waals surface area contributed by atoms with Gasteiger partial charge in [-0.05, 0) is 24.6 Å². The lowest BCUT2D eigenvalue weighted by Crippen LogP contribution is -1.99. The number of aryl methyl sites for hydroxylation is 1. The first kappa shape index (κ1) is 10.2. The molecule has 0 unspecified atom stereocenters. The smallest absolute Gasteiger partial charge is 0.194 e. The minimum atomic E-state index is 0.0388. The fourth-order valence-corrected chi connectivity index (χ4v) is 1.74. The number of aromatic nitrogens is 1. The van der Waals surface area contributed by atoms with Crippen LogP contribution in [0.5, 0.6) is 0 Å². The number of hydrogen-bond donors (Lipinski definition) is 1. The van der Waals surface area contributed by atoms with Crippen molar-refractivity contribution in [2.24, 2.45) is 0 Å². The summed E-state index contributed by atoms with van der Waals surface area (Å²) in [5.41, 5.74) is 2.51. The van der Waals surface area contributed by atoms with Crippen molar-refractivity contribution >= 4 is 21.7 Å². The summed E-state index contributed by atoms with van der Waals surface area (Å²) in [6, 6.07) is 7.40. The number of carbonyl (C=O) groups excluding carboxylic acids is 1. The summed E-state index contributed by atoms with van der Waals surface area (Å²) in [4.78, 5) is 14.8. The fourth-order valence-electron chi connectivity index (χ4n) is 1.37. The first-order valence-corrected chi connectivity index (χ1v) is 5.41. The van der Waals surface area contributed by atoms with Crippen molar-refractivity contribution in [3.63, 3.8) is 0 Å². The van der Waals surface area contributed by atoms with E-state index in [-0.39, 0.29) is 5.78 Å². The highest BCUT2D eigenvalue weighted by Gasteiger charge is 2.09. The third kappa shape index (κ3) is 2.02. The molecule has 1 aromatic carbocycles. The van der Waals surface area contributed by atoms with Gasteiger partial charge in [0.1, 0.15) is 0 Å². The number of benzene rings is 1. The van der Waals surface area contributed by atoms with Gasteiger partial charge in [0.2, 0.25) is 0 Å². The van der Waals surface area contributed by atoms with Gasteiger partial charge in [-0.25, -0.2) is 0 Å². The predicted molar refractivity (Wildman–Crippen MR) is 63.1 cm³/mol. The second kappa shape index (κ2) is 4.03. The molecule has 1 N–H and O–H groups in total. The molecule has 1 heterocycles. The van der Waals surface area contributed by atoms with Gasteiger partial charge < -0.3 is 4.98 Å². The van der Waals surface area contributed by atoms with E-state index in [9.17, 15) is 4.79 Å². The highest BCUT2D eigenvalue weighted by molar-refractivity contribution is 9.10. The Labute approximate surface area is 96.5 Å². The monoisotopic (exact) mass is 263 g/mol. The van der Waals surface area contributed by atoms with E-state index in [1.165, 1.54) is 0 Å². The standard InChI is InChI=1S/C12H10BrNO/c1-8-2-3-9(6-11(8)13)12(15)10-4-5-14-7-10/h2-7,14H,1H3. The highest BCUT2D eigenvalue weighted by Crippen LogP contribution is 2.19. The summed E-state index contributed by atoms with van der Waals surface area (Å²) in [7, 11) is 0. The first-order chi connectivity index (χ1) is 7.18. The van der Waals surface area contributed by atoms with Crippen molar-refractivity contribution in [3.8, 4) is 0 Å². The number of nitrogens with one attached hydrogen (secondary N) is 1. The number of aromatic amines is 1. The van der Waals surface area contributed by atoms with Gasteiger partial charge in [0, 0.05) is 28.0 Å². The van der Waals surface area contributed by atoms with Crippen molar-refractivity contribution < 1.29 is 4.79 Å². The molecule has 0 saturated carbocycles. The zero-order chi connectivity index (χ0) is 10.8. The van der Waals surface area contributed by atoms with E-state index in [1.54, 1.807) is 18.5 Å². The maximum absolute atomic E-state index is 11.9. The summed E-state index contributed by atoms with van der Waals surface area (Å²) < 4.78 is 0.962. The number of H-pyrrole nitrogens is 1. The fraction of sp³-hybridized carbons (Fsp3) is 0.0833. The van der Waals surface area contributed by atoms with Gasteiger partial charge in [-0.15, -0.1) is 0 Å². The molecule has 0 saturated heterocycles. The van der Waals surface area contributed by atoms with Crippen LogP contribution in [0.4, 0.5) is 0 Å². The number of ketones is 1. The van der Waals surface area contributed by atoms with E-state index in [0.717, 1.165) is 10.0 Å². The molecule has 2 rings (SSSR count). The molecule has 15 heavy (non-hydrogen) atoms. The minimum absolute atomic E-state index is 0.0388. The average molecular weight is 264 g/mol. The lowest BCUT2D eigenvalue weighted by molar-refractivity contribution is 0.103. The van der Waals surface area contributed by atoms with E-state index < -0.39 is 0 Å². The molecule has 0 fully saturated rings. The third-order valence-electron chi connectivity index (χ3n) is 2.29. The summed E-state index contributed by atoms with van der Waals surface area (Å²) in [5.74, 6) is 0.0388. The lowest BCUT2D eigenvalue weighted by atomic mass is 10.0. The quantitative estimate of drug-likeness (QED) is 0.829. The number of hydrogen-bond acceptors (Lipinski definition) is 1. The first-order valence-electron chi connectivity index (χ1n) is 4.62. The molecule has 3 heteroatoms. The van der Waals surface area contributed by atoms with Crippen LogP contribution in [-0.2, 0) is 0 Å². The molecule has 0 amide bonds. The van der Waals surface area contributed by atoms with E-state index >= 15 is 0 Å². The van der Waals surface area contributed by atoms with Crippen LogP contribution in [0.3, 0.4) is 0 Å². The largest absolute Gasteiger partial charge is 0.367 e. The Balaban J connectivity index is 2.39. The second-order valence-corrected chi connectivity index (χ2v) is 4.25.